The van der Waals surface area contributed by atoms with Crippen molar-refractivity contribution in [1.29, 1.82) is 0 Å². The van der Waals surface area contributed by atoms with Gasteiger partial charge in [-0.3, -0.25) is 9.69 Å². The molecule has 0 saturated carbocycles. The first-order valence-electron chi connectivity index (χ1n) is 7.19. The molecule has 0 aromatic heterocycles. The highest BCUT2D eigenvalue weighted by atomic mass is 35.5. The van der Waals surface area contributed by atoms with E-state index >= 15 is 0 Å². The second kappa shape index (κ2) is 7.62. The van der Waals surface area contributed by atoms with E-state index < -0.39 is 0 Å². The highest BCUT2D eigenvalue weighted by Crippen LogP contribution is 2.15. The third-order valence-electron chi connectivity index (χ3n) is 3.69. The minimum absolute atomic E-state index is 0.0386. The third kappa shape index (κ3) is 4.47. The second-order valence-electron chi connectivity index (χ2n) is 5.08. The van der Waals surface area contributed by atoms with Crippen molar-refractivity contribution in [3.05, 3.63) is 29.3 Å². The van der Waals surface area contributed by atoms with Crippen LogP contribution in [0.2, 0.25) is 5.02 Å². The summed E-state index contributed by atoms with van der Waals surface area (Å²) in [5, 5.41) is 6.89. The fraction of sp³-hybridized carbons (Fsp3) is 0.533. The number of amides is 1. The number of rotatable bonds is 6. The Balaban J connectivity index is 1.79. The molecule has 0 bridgehead atoms. The lowest BCUT2D eigenvalue weighted by molar-refractivity contribution is -0.116. The molecule has 0 radical (unpaired) electrons. The largest absolute Gasteiger partial charge is 0.326 e. The Morgan fingerprint density at radius 2 is 2.40 bits per heavy atom. The Labute approximate surface area is 125 Å². The number of benzene rings is 1. The van der Waals surface area contributed by atoms with Gasteiger partial charge in [0.05, 0.1) is 0 Å². The smallest absolute Gasteiger partial charge is 0.225 e. The van der Waals surface area contributed by atoms with E-state index in [1.807, 2.05) is 12.1 Å². The van der Waals surface area contributed by atoms with Gasteiger partial charge in [-0.2, -0.15) is 0 Å². The van der Waals surface area contributed by atoms with Crippen LogP contribution in [0.5, 0.6) is 0 Å². The van der Waals surface area contributed by atoms with Gasteiger partial charge in [-0.1, -0.05) is 24.6 Å². The summed E-state index contributed by atoms with van der Waals surface area (Å²) in [6.07, 6.45) is 1.68. The maximum atomic E-state index is 12.0. The molecular formula is C15H22ClN3O. The number of carbonyl (C=O) groups is 1. The normalized spacial score (nSPS) is 18.4. The predicted molar refractivity (Wildman–Crippen MR) is 83.2 cm³/mol. The molecule has 1 aromatic carbocycles. The molecule has 0 spiro atoms. The number of nitrogens with one attached hydrogen (secondary N) is 2. The summed E-state index contributed by atoms with van der Waals surface area (Å²) in [5.41, 5.74) is 0.757. The number of hydrogen-bond acceptors (Lipinski definition) is 3. The molecule has 1 fully saturated rings. The van der Waals surface area contributed by atoms with Gasteiger partial charge >= 0.3 is 0 Å². The van der Waals surface area contributed by atoms with Gasteiger partial charge in [-0.25, -0.2) is 0 Å². The first-order valence-corrected chi connectivity index (χ1v) is 7.57. The third-order valence-corrected chi connectivity index (χ3v) is 3.93. The molecule has 1 aliphatic heterocycles. The van der Waals surface area contributed by atoms with Crippen LogP contribution < -0.4 is 10.6 Å². The van der Waals surface area contributed by atoms with Crippen LogP contribution in [0.3, 0.4) is 0 Å². The fourth-order valence-corrected chi connectivity index (χ4v) is 2.78. The molecule has 110 valence electrons. The van der Waals surface area contributed by atoms with Crippen LogP contribution in [0, 0.1) is 0 Å². The van der Waals surface area contributed by atoms with Crippen molar-refractivity contribution in [1.82, 2.24) is 10.2 Å². The van der Waals surface area contributed by atoms with Crippen molar-refractivity contribution in [2.24, 2.45) is 0 Å². The van der Waals surface area contributed by atoms with Crippen molar-refractivity contribution in [3.8, 4) is 0 Å². The van der Waals surface area contributed by atoms with Crippen LogP contribution in [-0.2, 0) is 4.79 Å². The standard InChI is InChI=1S/C15H22ClN3O/c1-2-19(14-6-8-17-11-14)9-7-15(20)18-13-5-3-4-12(16)10-13/h3-5,10,14,17H,2,6-9,11H2,1H3,(H,18,20). The molecule has 1 amide bonds. The number of carbonyl (C=O) groups excluding carboxylic acids is 1. The minimum atomic E-state index is 0.0386. The van der Waals surface area contributed by atoms with Gasteiger partial charge in [-0.05, 0) is 37.7 Å². The zero-order chi connectivity index (χ0) is 14.4. The quantitative estimate of drug-likeness (QED) is 0.847. The molecule has 4 nitrogen and oxygen atoms in total. The molecule has 20 heavy (non-hydrogen) atoms. The van der Waals surface area contributed by atoms with E-state index in [0.29, 0.717) is 17.5 Å². The van der Waals surface area contributed by atoms with Gasteiger partial charge in [0.2, 0.25) is 5.91 Å². The lowest BCUT2D eigenvalue weighted by atomic mass is 10.2. The van der Waals surface area contributed by atoms with E-state index in [0.717, 1.165) is 31.9 Å². The van der Waals surface area contributed by atoms with Crippen LogP contribution in [0.1, 0.15) is 19.8 Å². The second-order valence-corrected chi connectivity index (χ2v) is 5.52. The lowest BCUT2D eigenvalue weighted by Crippen LogP contribution is -2.38. The van der Waals surface area contributed by atoms with Crippen LogP contribution in [0.25, 0.3) is 0 Å². The number of anilines is 1. The average Bonchev–Trinajstić information content (AvgIpc) is 2.93. The molecule has 2 rings (SSSR count). The molecule has 1 heterocycles. The molecule has 2 N–H and O–H groups in total. The highest BCUT2D eigenvalue weighted by Gasteiger charge is 2.21. The number of halogens is 1. The molecule has 1 aromatic rings. The Bertz CT molecular complexity index is 446. The lowest BCUT2D eigenvalue weighted by Gasteiger charge is -2.26. The number of hydrogen-bond donors (Lipinski definition) is 2. The van der Waals surface area contributed by atoms with Gasteiger partial charge in [0.25, 0.3) is 0 Å². The predicted octanol–water partition coefficient (Wildman–Crippen LogP) is 2.35. The summed E-state index contributed by atoms with van der Waals surface area (Å²) in [6, 6.07) is 7.81. The number of nitrogens with zero attached hydrogens (tertiary/aromatic N) is 1. The molecular weight excluding hydrogens is 274 g/mol. The zero-order valence-electron chi connectivity index (χ0n) is 11.9. The Morgan fingerprint density at radius 3 is 3.05 bits per heavy atom. The molecule has 1 aliphatic rings. The summed E-state index contributed by atoms with van der Waals surface area (Å²) in [5.74, 6) is 0.0386. The zero-order valence-corrected chi connectivity index (χ0v) is 12.6. The molecule has 5 heteroatoms. The maximum absolute atomic E-state index is 12.0. The Hall–Kier alpha value is -1.10. The van der Waals surface area contributed by atoms with Gasteiger partial charge < -0.3 is 10.6 Å². The fourth-order valence-electron chi connectivity index (χ4n) is 2.58. The van der Waals surface area contributed by atoms with E-state index in [1.54, 1.807) is 12.1 Å². The summed E-state index contributed by atoms with van der Waals surface area (Å²) >= 11 is 5.90. The van der Waals surface area contributed by atoms with Gasteiger partial charge in [0.1, 0.15) is 0 Å². The Morgan fingerprint density at radius 1 is 1.55 bits per heavy atom. The van der Waals surface area contributed by atoms with E-state index in [1.165, 1.54) is 6.42 Å². The minimum Gasteiger partial charge on any atom is -0.326 e. The van der Waals surface area contributed by atoms with Gasteiger partial charge in [0, 0.05) is 36.3 Å². The molecule has 1 saturated heterocycles. The monoisotopic (exact) mass is 295 g/mol. The van der Waals surface area contributed by atoms with Crippen molar-refractivity contribution >= 4 is 23.2 Å². The first-order chi connectivity index (χ1) is 9.69. The van der Waals surface area contributed by atoms with Gasteiger partial charge in [-0.15, -0.1) is 0 Å². The topological polar surface area (TPSA) is 44.4 Å². The van der Waals surface area contributed by atoms with Crippen LogP contribution >= 0.6 is 11.6 Å². The van der Waals surface area contributed by atoms with E-state index in [9.17, 15) is 4.79 Å². The molecule has 1 unspecified atom stereocenters. The van der Waals surface area contributed by atoms with Crippen LogP contribution in [0.4, 0.5) is 5.69 Å². The molecule has 0 aliphatic carbocycles. The van der Waals surface area contributed by atoms with E-state index in [4.69, 9.17) is 11.6 Å². The first kappa shape index (κ1) is 15.3. The summed E-state index contributed by atoms with van der Waals surface area (Å²) in [4.78, 5) is 14.3. The SMILES string of the molecule is CCN(CCC(=O)Nc1cccc(Cl)c1)C1CCNC1. The van der Waals surface area contributed by atoms with Crippen molar-refractivity contribution in [3.63, 3.8) is 0 Å². The highest BCUT2D eigenvalue weighted by molar-refractivity contribution is 6.30. The van der Waals surface area contributed by atoms with Gasteiger partial charge in [0.15, 0.2) is 0 Å². The number of likely N-dealkylation sites (N-methyl/N-ethyl adjacent to an activating group) is 1. The van der Waals surface area contributed by atoms with Crippen LogP contribution in [-0.4, -0.2) is 43.0 Å². The maximum Gasteiger partial charge on any atom is 0.225 e. The average molecular weight is 296 g/mol. The summed E-state index contributed by atoms with van der Waals surface area (Å²) < 4.78 is 0. The summed E-state index contributed by atoms with van der Waals surface area (Å²) in [6.45, 7) is 6.04. The van der Waals surface area contributed by atoms with Crippen molar-refractivity contribution in [2.75, 3.05) is 31.5 Å². The summed E-state index contributed by atoms with van der Waals surface area (Å²) in [7, 11) is 0. The molecule has 1 atom stereocenters. The van der Waals surface area contributed by atoms with Crippen LogP contribution in [0.15, 0.2) is 24.3 Å². The van der Waals surface area contributed by atoms with Crippen molar-refractivity contribution in [2.45, 2.75) is 25.8 Å². The van der Waals surface area contributed by atoms with Crippen molar-refractivity contribution < 1.29 is 4.79 Å². The Kier molecular flexibility index (Phi) is 5.83. The van der Waals surface area contributed by atoms with E-state index in [2.05, 4.69) is 22.5 Å². The van der Waals surface area contributed by atoms with E-state index in [-0.39, 0.29) is 5.91 Å².